The molecular weight excluding hydrogens is 308 g/mol. The molecule has 0 unspecified atom stereocenters. The SMILES string of the molecule is CN(C)CCCN(C)S(=O)(=O)c1ccc(CCCCl)cc1. The molecule has 0 amide bonds. The minimum absolute atomic E-state index is 0.351. The van der Waals surface area contributed by atoms with E-state index in [4.69, 9.17) is 11.6 Å². The van der Waals surface area contributed by atoms with Crippen molar-refractivity contribution in [2.24, 2.45) is 0 Å². The molecule has 0 aliphatic rings. The minimum Gasteiger partial charge on any atom is -0.309 e. The highest BCUT2D eigenvalue weighted by atomic mass is 35.5. The molecule has 0 spiro atoms. The van der Waals surface area contributed by atoms with Crippen LogP contribution in [0.25, 0.3) is 0 Å². The van der Waals surface area contributed by atoms with Crippen molar-refractivity contribution in [1.82, 2.24) is 9.21 Å². The van der Waals surface area contributed by atoms with Gasteiger partial charge in [0.25, 0.3) is 0 Å². The van der Waals surface area contributed by atoms with E-state index in [0.717, 1.165) is 31.4 Å². The first-order valence-corrected chi connectivity index (χ1v) is 9.11. The summed E-state index contributed by atoms with van der Waals surface area (Å²) >= 11 is 5.66. The van der Waals surface area contributed by atoms with E-state index in [1.807, 2.05) is 31.1 Å². The van der Waals surface area contributed by atoms with Crippen molar-refractivity contribution in [2.45, 2.75) is 24.2 Å². The Hall–Kier alpha value is -0.620. The fraction of sp³-hybridized carbons (Fsp3) is 0.600. The Labute approximate surface area is 133 Å². The van der Waals surface area contributed by atoms with Crippen LogP contribution in [0.3, 0.4) is 0 Å². The third-order valence-electron chi connectivity index (χ3n) is 3.31. The van der Waals surface area contributed by atoms with Gasteiger partial charge in [0.1, 0.15) is 0 Å². The van der Waals surface area contributed by atoms with Gasteiger partial charge in [-0.25, -0.2) is 12.7 Å². The summed E-state index contributed by atoms with van der Waals surface area (Å²) in [5.74, 6) is 0.620. The highest BCUT2D eigenvalue weighted by Crippen LogP contribution is 2.16. The van der Waals surface area contributed by atoms with Crippen LogP contribution in [0.4, 0.5) is 0 Å². The highest BCUT2D eigenvalue weighted by Gasteiger charge is 2.20. The molecule has 0 bridgehead atoms. The summed E-state index contributed by atoms with van der Waals surface area (Å²) in [7, 11) is 2.21. The summed E-state index contributed by atoms with van der Waals surface area (Å²) in [6.07, 6.45) is 2.59. The average molecular weight is 333 g/mol. The lowest BCUT2D eigenvalue weighted by Crippen LogP contribution is -2.29. The number of halogens is 1. The highest BCUT2D eigenvalue weighted by molar-refractivity contribution is 7.89. The van der Waals surface area contributed by atoms with E-state index in [9.17, 15) is 8.42 Å². The van der Waals surface area contributed by atoms with Gasteiger partial charge < -0.3 is 4.90 Å². The van der Waals surface area contributed by atoms with Crippen molar-refractivity contribution in [3.8, 4) is 0 Å². The summed E-state index contributed by atoms with van der Waals surface area (Å²) in [5, 5.41) is 0. The van der Waals surface area contributed by atoms with E-state index in [-0.39, 0.29) is 0 Å². The van der Waals surface area contributed by atoms with Crippen molar-refractivity contribution in [2.75, 3.05) is 40.1 Å². The molecule has 0 aliphatic heterocycles. The zero-order valence-corrected chi connectivity index (χ0v) is 14.6. The molecule has 0 heterocycles. The molecule has 0 saturated carbocycles. The molecule has 21 heavy (non-hydrogen) atoms. The largest absolute Gasteiger partial charge is 0.309 e. The van der Waals surface area contributed by atoms with Gasteiger partial charge >= 0.3 is 0 Å². The average Bonchev–Trinajstić information content (AvgIpc) is 2.45. The topological polar surface area (TPSA) is 40.6 Å². The first-order chi connectivity index (χ1) is 9.87. The molecule has 0 aliphatic carbocycles. The van der Waals surface area contributed by atoms with Crippen LogP contribution in [-0.2, 0) is 16.4 Å². The summed E-state index contributed by atoms with van der Waals surface area (Å²) in [6, 6.07) is 7.10. The van der Waals surface area contributed by atoms with Crippen molar-refractivity contribution < 1.29 is 8.42 Å². The Morgan fingerprint density at radius 1 is 1.00 bits per heavy atom. The first kappa shape index (κ1) is 18.4. The molecule has 0 radical (unpaired) electrons. The number of hydrogen-bond acceptors (Lipinski definition) is 3. The molecule has 0 atom stereocenters. The van der Waals surface area contributed by atoms with Crippen LogP contribution >= 0.6 is 11.6 Å². The second-order valence-corrected chi connectivity index (χ2v) is 7.84. The van der Waals surface area contributed by atoms with Crippen LogP contribution in [0.1, 0.15) is 18.4 Å². The molecule has 0 fully saturated rings. The van der Waals surface area contributed by atoms with E-state index < -0.39 is 10.0 Å². The van der Waals surface area contributed by atoms with Crippen LogP contribution in [0, 0.1) is 0 Å². The number of hydrogen-bond donors (Lipinski definition) is 0. The molecule has 1 aromatic rings. The number of aryl methyl sites for hydroxylation is 1. The van der Waals surface area contributed by atoms with Crippen molar-refractivity contribution in [3.63, 3.8) is 0 Å². The zero-order valence-electron chi connectivity index (χ0n) is 13.0. The van der Waals surface area contributed by atoms with Crippen molar-refractivity contribution in [1.29, 1.82) is 0 Å². The fourth-order valence-electron chi connectivity index (χ4n) is 2.01. The van der Waals surface area contributed by atoms with Gasteiger partial charge in [0.2, 0.25) is 10.0 Å². The Morgan fingerprint density at radius 2 is 1.62 bits per heavy atom. The molecule has 0 saturated heterocycles. The van der Waals surface area contributed by atoms with E-state index in [2.05, 4.69) is 0 Å². The summed E-state index contributed by atoms with van der Waals surface area (Å²) in [5.41, 5.74) is 1.12. The van der Waals surface area contributed by atoms with Crippen LogP contribution in [0.15, 0.2) is 29.2 Å². The molecule has 6 heteroatoms. The van der Waals surface area contributed by atoms with Gasteiger partial charge in [-0.2, -0.15) is 0 Å². The van der Waals surface area contributed by atoms with Crippen LogP contribution in [0.2, 0.25) is 0 Å². The molecule has 1 aromatic carbocycles. The predicted octanol–water partition coefficient (Wildman–Crippen LogP) is 2.43. The standard InChI is InChI=1S/C15H25ClN2O2S/c1-17(2)12-5-13-18(3)21(19,20)15-9-7-14(8-10-15)6-4-11-16/h7-10H,4-6,11-13H2,1-3H3. The molecule has 0 N–H and O–H groups in total. The van der Waals surface area contributed by atoms with E-state index in [1.54, 1.807) is 19.2 Å². The lowest BCUT2D eigenvalue weighted by atomic mass is 10.1. The fourth-order valence-corrected chi connectivity index (χ4v) is 3.35. The van der Waals surface area contributed by atoms with E-state index in [0.29, 0.717) is 17.3 Å². The number of sulfonamides is 1. The third-order valence-corrected chi connectivity index (χ3v) is 5.45. The van der Waals surface area contributed by atoms with Gasteiger partial charge in [0.15, 0.2) is 0 Å². The molecular formula is C15H25ClN2O2S. The van der Waals surface area contributed by atoms with E-state index in [1.165, 1.54) is 4.31 Å². The molecule has 120 valence electrons. The predicted molar refractivity (Wildman–Crippen MR) is 88.5 cm³/mol. The number of benzene rings is 1. The monoisotopic (exact) mass is 332 g/mol. The minimum atomic E-state index is -3.39. The Bertz CT molecular complexity index is 515. The second-order valence-electron chi connectivity index (χ2n) is 5.42. The van der Waals surface area contributed by atoms with Crippen molar-refractivity contribution in [3.05, 3.63) is 29.8 Å². The molecule has 1 rings (SSSR count). The Balaban J connectivity index is 2.68. The Morgan fingerprint density at radius 3 is 2.14 bits per heavy atom. The third kappa shape index (κ3) is 5.94. The van der Waals surface area contributed by atoms with Crippen LogP contribution in [0.5, 0.6) is 0 Å². The number of rotatable bonds is 9. The molecule has 4 nitrogen and oxygen atoms in total. The maximum Gasteiger partial charge on any atom is 0.242 e. The first-order valence-electron chi connectivity index (χ1n) is 7.14. The van der Waals surface area contributed by atoms with Gasteiger partial charge in [-0.05, 0) is 57.6 Å². The van der Waals surface area contributed by atoms with Gasteiger partial charge in [0.05, 0.1) is 4.90 Å². The van der Waals surface area contributed by atoms with Crippen LogP contribution in [-0.4, -0.2) is 57.7 Å². The summed E-state index contributed by atoms with van der Waals surface area (Å²) in [6.45, 7) is 1.39. The Kier molecular flexibility index (Phi) is 7.66. The van der Waals surface area contributed by atoms with E-state index >= 15 is 0 Å². The quantitative estimate of drug-likeness (QED) is 0.652. The van der Waals surface area contributed by atoms with Gasteiger partial charge in [-0.15, -0.1) is 11.6 Å². The normalized spacial score (nSPS) is 12.3. The maximum absolute atomic E-state index is 12.4. The van der Waals surface area contributed by atoms with Gasteiger partial charge in [0, 0.05) is 19.5 Å². The zero-order chi connectivity index (χ0) is 15.9. The smallest absolute Gasteiger partial charge is 0.242 e. The van der Waals surface area contributed by atoms with Gasteiger partial charge in [-0.3, -0.25) is 0 Å². The lowest BCUT2D eigenvalue weighted by Gasteiger charge is -2.18. The van der Waals surface area contributed by atoms with Gasteiger partial charge in [-0.1, -0.05) is 12.1 Å². The van der Waals surface area contributed by atoms with Crippen molar-refractivity contribution >= 4 is 21.6 Å². The number of alkyl halides is 1. The van der Waals surface area contributed by atoms with Crippen LogP contribution < -0.4 is 0 Å². The lowest BCUT2D eigenvalue weighted by molar-refractivity contribution is 0.370. The number of nitrogens with zero attached hydrogens (tertiary/aromatic N) is 2. The molecule has 0 aromatic heterocycles. The second kappa shape index (κ2) is 8.73. The summed E-state index contributed by atoms with van der Waals surface area (Å²) in [4.78, 5) is 2.40. The summed E-state index contributed by atoms with van der Waals surface area (Å²) < 4.78 is 26.3. The maximum atomic E-state index is 12.4.